The van der Waals surface area contributed by atoms with Gasteiger partial charge in [-0.25, -0.2) is 4.83 Å². The third kappa shape index (κ3) is 3.81. The number of nitrogens with one attached hydrogen (secondary N) is 1. The van der Waals surface area contributed by atoms with Crippen LogP contribution in [-0.4, -0.2) is 26.8 Å². The number of hydrogen-bond acceptors (Lipinski definition) is 5. The minimum atomic E-state index is -3.77. The van der Waals surface area contributed by atoms with Gasteiger partial charge in [0.25, 0.3) is 10.0 Å². The molecule has 0 aliphatic rings. The maximum Gasteiger partial charge on any atom is 0.276 e. The van der Waals surface area contributed by atoms with Gasteiger partial charge < -0.3 is 9.84 Å². The molecule has 0 saturated heterocycles. The summed E-state index contributed by atoms with van der Waals surface area (Å²) < 4.78 is 29.5. The molecule has 23 heavy (non-hydrogen) atoms. The minimum absolute atomic E-state index is 0.107. The van der Waals surface area contributed by atoms with Gasteiger partial charge in [-0.2, -0.15) is 13.5 Å². The Morgan fingerprint density at radius 2 is 1.96 bits per heavy atom. The number of phenols is 1. The first-order valence-corrected chi connectivity index (χ1v) is 8.31. The zero-order chi connectivity index (χ0) is 17.0. The van der Waals surface area contributed by atoms with Crippen molar-refractivity contribution >= 4 is 16.2 Å². The lowest BCUT2D eigenvalue weighted by Crippen LogP contribution is -2.19. The van der Waals surface area contributed by atoms with Crippen LogP contribution in [-0.2, 0) is 10.0 Å². The molecular formula is C16H18N2O4S. The van der Waals surface area contributed by atoms with E-state index in [0.29, 0.717) is 11.1 Å². The molecule has 0 bridgehead atoms. The highest BCUT2D eigenvalue weighted by Crippen LogP contribution is 2.28. The number of aryl methyl sites for hydroxylation is 2. The van der Waals surface area contributed by atoms with Crippen LogP contribution in [0.1, 0.15) is 16.7 Å². The van der Waals surface area contributed by atoms with Crippen LogP contribution in [0.15, 0.2) is 46.4 Å². The molecule has 2 N–H and O–H groups in total. The summed E-state index contributed by atoms with van der Waals surface area (Å²) in [5, 5.41) is 13.6. The van der Waals surface area contributed by atoms with Crippen molar-refractivity contribution in [1.82, 2.24) is 4.83 Å². The Bertz CT molecular complexity index is 845. The minimum Gasteiger partial charge on any atom is -0.504 e. The molecule has 0 fully saturated rings. The Labute approximate surface area is 135 Å². The molecule has 0 spiro atoms. The van der Waals surface area contributed by atoms with Gasteiger partial charge in [-0.15, -0.1) is 0 Å². The third-order valence-electron chi connectivity index (χ3n) is 3.25. The average molecular weight is 334 g/mol. The normalized spacial score (nSPS) is 11.6. The SMILES string of the molecule is COc1cccc(/C=N\NS(=O)(=O)c2ccc(C)cc2C)c1O. The molecule has 2 aromatic rings. The first kappa shape index (κ1) is 16.8. The van der Waals surface area contributed by atoms with Crippen molar-refractivity contribution in [3.63, 3.8) is 0 Å². The number of sulfonamides is 1. The second kappa shape index (κ2) is 6.70. The van der Waals surface area contributed by atoms with Crippen molar-refractivity contribution in [3.8, 4) is 11.5 Å². The van der Waals surface area contributed by atoms with Gasteiger partial charge in [0.05, 0.1) is 18.2 Å². The molecule has 0 atom stereocenters. The summed E-state index contributed by atoms with van der Waals surface area (Å²) in [4.78, 5) is 2.30. The smallest absolute Gasteiger partial charge is 0.276 e. The zero-order valence-electron chi connectivity index (χ0n) is 13.1. The Morgan fingerprint density at radius 3 is 2.61 bits per heavy atom. The number of nitrogens with zero attached hydrogens (tertiary/aromatic N) is 1. The van der Waals surface area contributed by atoms with Crippen LogP contribution >= 0.6 is 0 Å². The molecule has 122 valence electrons. The molecule has 0 radical (unpaired) electrons. The van der Waals surface area contributed by atoms with E-state index in [9.17, 15) is 13.5 Å². The highest BCUT2D eigenvalue weighted by Gasteiger charge is 2.15. The highest BCUT2D eigenvalue weighted by atomic mass is 32.2. The van der Waals surface area contributed by atoms with Gasteiger partial charge in [-0.05, 0) is 37.6 Å². The van der Waals surface area contributed by atoms with Gasteiger partial charge in [-0.3, -0.25) is 0 Å². The maximum absolute atomic E-state index is 12.3. The maximum atomic E-state index is 12.3. The van der Waals surface area contributed by atoms with E-state index < -0.39 is 10.0 Å². The summed E-state index contributed by atoms with van der Waals surface area (Å²) in [5.41, 5.74) is 1.95. The van der Waals surface area contributed by atoms with E-state index in [2.05, 4.69) is 9.93 Å². The number of hydrogen-bond donors (Lipinski definition) is 2. The number of phenolic OH excluding ortho intramolecular Hbond substituents is 1. The molecular weight excluding hydrogens is 316 g/mol. The lowest BCUT2D eigenvalue weighted by Gasteiger charge is -2.08. The van der Waals surface area contributed by atoms with Gasteiger partial charge in [0.15, 0.2) is 11.5 Å². The molecule has 0 amide bonds. The molecule has 0 heterocycles. The van der Waals surface area contributed by atoms with Crippen LogP contribution in [0.4, 0.5) is 0 Å². The fourth-order valence-electron chi connectivity index (χ4n) is 2.12. The van der Waals surface area contributed by atoms with Crippen molar-refractivity contribution in [2.45, 2.75) is 18.7 Å². The Kier molecular flexibility index (Phi) is 4.90. The van der Waals surface area contributed by atoms with Crippen LogP contribution in [0.3, 0.4) is 0 Å². The van der Waals surface area contributed by atoms with Gasteiger partial charge >= 0.3 is 0 Å². The third-order valence-corrected chi connectivity index (χ3v) is 4.63. The molecule has 0 aliphatic carbocycles. The summed E-state index contributed by atoms with van der Waals surface area (Å²) in [7, 11) is -2.34. The van der Waals surface area contributed by atoms with Crippen LogP contribution in [0.25, 0.3) is 0 Å². The monoisotopic (exact) mass is 334 g/mol. The highest BCUT2D eigenvalue weighted by molar-refractivity contribution is 7.89. The van der Waals surface area contributed by atoms with E-state index in [0.717, 1.165) is 5.56 Å². The van der Waals surface area contributed by atoms with Gasteiger partial charge in [0, 0.05) is 5.56 Å². The summed E-state index contributed by atoms with van der Waals surface area (Å²) in [5.74, 6) is 0.177. The molecule has 6 nitrogen and oxygen atoms in total. The lowest BCUT2D eigenvalue weighted by atomic mass is 10.2. The van der Waals surface area contributed by atoms with E-state index in [1.165, 1.54) is 19.4 Å². The van der Waals surface area contributed by atoms with Gasteiger partial charge in [0.1, 0.15) is 0 Å². The van der Waals surface area contributed by atoms with Crippen LogP contribution in [0, 0.1) is 13.8 Å². The van der Waals surface area contributed by atoms with Crippen LogP contribution in [0.5, 0.6) is 11.5 Å². The van der Waals surface area contributed by atoms with Gasteiger partial charge in [-0.1, -0.05) is 23.8 Å². The molecule has 0 aliphatic heterocycles. The molecule has 0 unspecified atom stereocenters. The predicted molar refractivity (Wildman–Crippen MR) is 88.5 cm³/mol. The predicted octanol–water partition coefficient (Wildman–Crippen LogP) is 2.33. The molecule has 0 saturated carbocycles. The molecule has 2 rings (SSSR count). The molecule has 2 aromatic carbocycles. The van der Waals surface area contributed by atoms with Crippen molar-refractivity contribution in [2.24, 2.45) is 5.10 Å². The second-order valence-electron chi connectivity index (χ2n) is 5.02. The van der Waals surface area contributed by atoms with E-state index >= 15 is 0 Å². The summed E-state index contributed by atoms with van der Waals surface area (Å²) in [6.45, 7) is 3.61. The Morgan fingerprint density at radius 1 is 1.22 bits per heavy atom. The zero-order valence-corrected chi connectivity index (χ0v) is 13.9. The quantitative estimate of drug-likeness (QED) is 0.649. The van der Waals surface area contributed by atoms with Gasteiger partial charge in [0.2, 0.25) is 0 Å². The number of rotatable bonds is 5. The number of hydrazone groups is 1. The van der Waals surface area contributed by atoms with E-state index in [4.69, 9.17) is 4.74 Å². The molecule has 0 aromatic heterocycles. The Hall–Kier alpha value is -2.54. The van der Waals surface area contributed by atoms with Crippen molar-refractivity contribution in [3.05, 3.63) is 53.1 Å². The van der Waals surface area contributed by atoms with Crippen molar-refractivity contribution in [1.29, 1.82) is 0 Å². The number of ether oxygens (including phenoxy) is 1. The largest absolute Gasteiger partial charge is 0.504 e. The number of methoxy groups -OCH3 is 1. The van der Waals surface area contributed by atoms with Crippen molar-refractivity contribution in [2.75, 3.05) is 7.11 Å². The topological polar surface area (TPSA) is 88.0 Å². The second-order valence-corrected chi connectivity index (χ2v) is 6.65. The van der Waals surface area contributed by atoms with E-state index in [1.807, 2.05) is 6.92 Å². The Balaban J connectivity index is 2.22. The summed E-state index contributed by atoms with van der Waals surface area (Å²) >= 11 is 0. The fraction of sp³-hybridized carbons (Fsp3) is 0.188. The fourth-order valence-corrected chi connectivity index (χ4v) is 3.14. The first-order valence-electron chi connectivity index (χ1n) is 6.83. The lowest BCUT2D eigenvalue weighted by molar-refractivity contribution is 0.373. The summed E-state index contributed by atoms with van der Waals surface area (Å²) in [6.07, 6.45) is 1.22. The summed E-state index contributed by atoms with van der Waals surface area (Å²) in [6, 6.07) is 9.88. The number of aromatic hydroxyl groups is 1. The standard InChI is InChI=1S/C16H18N2O4S/c1-11-7-8-15(12(2)9-11)23(20,21)18-17-10-13-5-4-6-14(22-3)16(13)19/h4-10,18-19H,1-3H3/b17-10-. The van der Waals surface area contributed by atoms with Crippen molar-refractivity contribution < 1.29 is 18.3 Å². The number of benzene rings is 2. The number of para-hydroxylation sites is 1. The first-order chi connectivity index (χ1) is 10.8. The van der Waals surface area contributed by atoms with Crippen LogP contribution < -0.4 is 9.57 Å². The average Bonchev–Trinajstić information content (AvgIpc) is 2.48. The van der Waals surface area contributed by atoms with Crippen LogP contribution in [0.2, 0.25) is 0 Å². The molecule has 7 heteroatoms. The van der Waals surface area contributed by atoms with E-state index in [1.54, 1.807) is 37.3 Å². The van der Waals surface area contributed by atoms with E-state index in [-0.39, 0.29) is 16.4 Å².